The summed E-state index contributed by atoms with van der Waals surface area (Å²) < 4.78 is 6.24. The van der Waals surface area contributed by atoms with Gasteiger partial charge in [-0.15, -0.1) is 11.3 Å². The Bertz CT molecular complexity index is 635. The van der Waals surface area contributed by atoms with Crippen LogP contribution in [0.25, 0.3) is 5.65 Å². The van der Waals surface area contributed by atoms with Gasteiger partial charge in [0.1, 0.15) is 0 Å². The van der Waals surface area contributed by atoms with Gasteiger partial charge in [-0.05, 0) is 12.1 Å². The topological polar surface area (TPSA) is 42.5 Å². The van der Waals surface area contributed by atoms with Crippen molar-refractivity contribution in [2.75, 3.05) is 0 Å². The van der Waals surface area contributed by atoms with Crippen molar-refractivity contribution in [3.05, 3.63) is 40.8 Å². The molecule has 15 heavy (non-hydrogen) atoms. The zero-order chi connectivity index (χ0) is 10.1. The first-order valence-electron chi connectivity index (χ1n) is 4.31. The highest BCUT2D eigenvalue weighted by atomic mass is 32.1. The lowest BCUT2D eigenvalue weighted by Gasteiger charge is -1.88. The van der Waals surface area contributed by atoms with Crippen LogP contribution in [0.1, 0.15) is 0 Å². The molecule has 0 radical (unpaired) electrons. The molecule has 4 nitrogen and oxygen atoms in total. The molecule has 0 N–H and O–H groups in total. The Hall–Kier alpha value is -1.53. The molecule has 3 aromatic heterocycles. The van der Waals surface area contributed by atoms with Crippen LogP contribution >= 0.6 is 22.9 Å². The van der Waals surface area contributed by atoms with E-state index in [1.165, 1.54) is 22.9 Å². The summed E-state index contributed by atoms with van der Waals surface area (Å²) in [5, 5.41) is 2.67. The van der Waals surface area contributed by atoms with Gasteiger partial charge in [-0.3, -0.25) is 4.40 Å². The fourth-order valence-corrected chi connectivity index (χ4v) is 2.48. The van der Waals surface area contributed by atoms with Crippen LogP contribution in [0.2, 0.25) is 0 Å². The number of nitrogens with zero attached hydrogens (tertiary/aromatic N) is 4. The highest BCUT2D eigenvalue weighted by Gasteiger charge is 1.97. The van der Waals surface area contributed by atoms with Gasteiger partial charge in [0.15, 0.2) is 5.65 Å². The SMILES string of the molecule is c1ccn2c(=Nc3nccs3)snc2c1. The van der Waals surface area contributed by atoms with Gasteiger partial charge in [0.2, 0.25) is 9.93 Å². The van der Waals surface area contributed by atoms with Crippen LogP contribution in [0.15, 0.2) is 41.0 Å². The third-order valence-electron chi connectivity index (χ3n) is 1.88. The lowest BCUT2D eigenvalue weighted by Crippen LogP contribution is -2.04. The van der Waals surface area contributed by atoms with E-state index < -0.39 is 0 Å². The second kappa shape index (κ2) is 3.56. The minimum Gasteiger partial charge on any atom is -0.275 e. The number of fused-ring (bicyclic) bond motifs is 1. The average molecular weight is 234 g/mol. The lowest BCUT2D eigenvalue weighted by molar-refractivity contribution is 1.08. The van der Waals surface area contributed by atoms with Crippen LogP contribution in [-0.4, -0.2) is 13.8 Å². The van der Waals surface area contributed by atoms with E-state index in [2.05, 4.69) is 14.3 Å². The molecule has 0 fully saturated rings. The standard InChI is InChI=1S/C9H6N4S2/c1-2-5-13-7(3-1)12-15-9(13)11-8-10-4-6-14-8/h1-6H. The molecule has 3 aromatic rings. The highest BCUT2D eigenvalue weighted by Crippen LogP contribution is 2.13. The first kappa shape index (κ1) is 8.75. The van der Waals surface area contributed by atoms with Gasteiger partial charge in [0.25, 0.3) is 0 Å². The van der Waals surface area contributed by atoms with E-state index in [1.54, 1.807) is 6.20 Å². The molecule has 3 heterocycles. The van der Waals surface area contributed by atoms with Crippen molar-refractivity contribution < 1.29 is 0 Å². The van der Waals surface area contributed by atoms with Gasteiger partial charge in [0.05, 0.1) is 0 Å². The Morgan fingerprint density at radius 1 is 1.33 bits per heavy atom. The second-order valence-corrected chi connectivity index (χ2v) is 4.42. The molecule has 74 valence electrons. The van der Waals surface area contributed by atoms with Gasteiger partial charge >= 0.3 is 0 Å². The third kappa shape index (κ3) is 1.57. The van der Waals surface area contributed by atoms with Crippen molar-refractivity contribution in [3.8, 4) is 0 Å². The maximum absolute atomic E-state index is 4.42. The summed E-state index contributed by atoms with van der Waals surface area (Å²) in [5.74, 6) is 0. The van der Waals surface area contributed by atoms with E-state index in [9.17, 15) is 0 Å². The van der Waals surface area contributed by atoms with Crippen molar-refractivity contribution in [3.63, 3.8) is 0 Å². The first-order valence-corrected chi connectivity index (χ1v) is 5.96. The maximum Gasteiger partial charge on any atom is 0.216 e. The van der Waals surface area contributed by atoms with Crippen LogP contribution in [-0.2, 0) is 0 Å². The summed E-state index contributed by atoms with van der Waals surface area (Å²) in [5.41, 5.74) is 0.915. The van der Waals surface area contributed by atoms with Crippen LogP contribution in [0.3, 0.4) is 0 Å². The summed E-state index contributed by atoms with van der Waals surface area (Å²) >= 11 is 2.89. The molecule has 3 rings (SSSR count). The number of aromatic nitrogens is 3. The molecule has 0 saturated carbocycles. The second-order valence-electron chi connectivity index (χ2n) is 2.82. The van der Waals surface area contributed by atoms with E-state index in [4.69, 9.17) is 0 Å². The Morgan fingerprint density at radius 3 is 3.20 bits per heavy atom. The van der Waals surface area contributed by atoms with Gasteiger partial charge in [-0.25, -0.2) is 4.98 Å². The molecule has 0 bridgehead atoms. The van der Waals surface area contributed by atoms with Crippen LogP contribution < -0.4 is 4.80 Å². The van der Waals surface area contributed by atoms with Crippen LogP contribution in [0.4, 0.5) is 5.13 Å². The minimum atomic E-state index is 0.761. The predicted octanol–water partition coefficient (Wildman–Crippen LogP) is 2.08. The molecule has 0 aliphatic rings. The van der Waals surface area contributed by atoms with Crippen molar-refractivity contribution in [1.82, 2.24) is 13.8 Å². The van der Waals surface area contributed by atoms with E-state index >= 15 is 0 Å². The molecule has 0 saturated heterocycles. The van der Waals surface area contributed by atoms with Crippen molar-refractivity contribution in [1.29, 1.82) is 0 Å². The fraction of sp³-hybridized carbons (Fsp3) is 0. The number of rotatable bonds is 1. The third-order valence-corrected chi connectivity index (χ3v) is 3.27. The summed E-state index contributed by atoms with van der Waals surface area (Å²) in [4.78, 5) is 9.38. The Kier molecular flexibility index (Phi) is 2.08. The quantitative estimate of drug-likeness (QED) is 0.647. The van der Waals surface area contributed by atoms with E-state index in [0.717, 1.165) is 15.6 Å². The average Bonchev–Trinajstić information content (AvgIpc) is 2.89. The Labute approximate surface area is 93.4 Å². The predicted molar refractivity (Wildman–Crippen MR) is 60.4 cm³/mol. The molecule has 6 heteroatoms. The zero-order valence-electron chi connectivity index (χ0n) is 7.57. The molecule has 0 aliphatic carbocycles. The van der Waals surface area contributed by atoms with E-state index in [-0.39, 0.29) is 0 Å². The number of pyridine rings is 1. The summed E-state index contributed by atoms with van der Waals surface area (Å²) in [6.45, 7) is 0. The monoisotopic (exact) mass is 234 g/mol. The smallest absolute Gasteiger partial charge is 0.216 e. The van der Waals surface area contributed by atoms with Crippen LogP contribution in [0, 0.1) is 0 Å². The van der Waals surface area contributed by atoms with Crippen molar-refractivity contribution >= 4 is 33.6 Å². The molecule has 0 atom stereocenters. The van der Waals surface area contributed by atoms with E-state index in [1.807, 2.05) is 34.2 Å². The summed E-state index contributed by atoms with van der Waals surface area (Å²) in [6.07, 6.45) is 3.70. The van der Waals surface area contributed by atoms with Gasteiger partial charge in [0, 0.05) is 29.3 Å². The number of thiazole rings is 1. The van der Waals surface area contributed by atoms with Crippen LogP contribution in [0.5, 0.6) is 0 Å². The molecule has 0 aliphatic heterocycles. The molecule has 0 unspecified atom stereocenters. The minimum absolute atomic E-state index is 0.761. The molecule has 0 aromatic carbocycles. The molecular formula is C9H6N4S2. The van der Waals surface area contributed by atoms with E-state index in [0.29, 0.717) is 0 Å². The molecular weight excluding hydrogens is 228 g/mol. The Balaban J connectivity index is 2.28. The Morgan fingerprint density at radius 2 is 2.33 bits per heavy atom. The zero-order valence-corrected chi connectivity index (χ0v) is 9.20. The van der Waals surface area contributed by atoms with Gasteiger partial charge in [-0.2, -0.15) is 9.37 Å². The van der Waals surface area contributed by atoms with Crippen molar-refractivity contribution in [2.45, 2.75) is 0 Å². The molecule has 0 spiro atoms. The largest absolute Gasteiger partial charge is 0.275 e. The maximum atomic E-state index is 4.42. The normalized spacial score (nSPS) is 12.4. The van der Waals surface area contributed by atoms with Gasteiger partial charge in [-0.1, -0.05) is 6.07 Å². The number of hydrogen-bond acceptors (Lipinski definition) is 5. The number of hydrogen-bond donors (Lipinski definition) is 0. The summed E-state index contributed by atoms with van der Waals surface area (Å²) in [7, 11) is 0. The lowest BCUT2D eigenvalue weighted by atomic mass is 10.5. The summed E-state index contributed by atoms with van der Waals surface area (Å²) in [6, 6.07) is 5.88. The molecule has 0 amide bonds. The highest BCUT2D eigenvalue weighted by molar-refractivity contribution is 7.13. The fourth-order valence-electron chi connectivity index (χ4n) is 1.23. The van der Waals surface area contributed by atoms with Gasteiger partial charge < -0.3 is 0 Å². The van der Waals surface area contributed by atoms with Crippen molar-refractivity contribution in [2.24, 2.45) is 4.99 Å². The first-order chi connectivity index (χ1) is 7.43.